The van der Waals surface area contributed by atoms with Gasteiger partial charge in [0.05, 0.1) is 5.76 Å². The second kappa shape index (κ2) is 8.89. The maximum atomic E-state index is 8.77. The molecule has 0 unspecified atom stereocenters. The van der Waals surface area contributed by atoms with Gasteiger partial charge in [0.25, 0.3) is 0 Å². The van der Waals surface area contributed by atoms with Crippen LogP contribution in [-0.2, 0) is 0 Å². The van der Waals surface area contributed by atoms with Crippen LogP contribution in [0.25, 0.3) is 0 Å². The summed E-state index contributed by atoms with van der Waals surface area (Å²) in [4.78, 5) is 0. The molecule has 0 fully saturated rings. The lowest BCUT2D eigenvalue weighted by molar-refractivity contribution is 0.368. The van der Waals surface area contributed by atoms with Gasteiger partial charge in [-0.2, -0.15) is 13.5 Å². The lowest BCUT2D eigenvalue weighted by atomic mass is 10.1. The Morgan fingerprint density at radius 1 is 1.30 bits per heavy atom. The molecular weight excluding hydrogens is 144 g/mol. The highest BCUT2D eigenvalue weighted by molar-refractivity contribution is 7.59. The molecule has 0 bridgehead atoms. The molecule has 1 aliphatic carbocycles. The van der Waals surface area contributed by atoms with Crippen molar-refractivity contribution in [3.8, 4) is 0 Å². The van der Waals surface area contributed by atoms with Crippen LogP contribution in [0.2, 0.25) is 0 Å². The Labute approximate surface area is 70.6 Å². The van der Waals surface area contributed by atoms with Crippen LogP contribution in [-0.4, -0.2) is 5.11 Å². The minimum atomic E-state index is 0. The van der Waals surface area contributed by atoms with Gasteiger partial charge in [0.2, 0.25) is 0 Å². The third-order valence-electron chi connectivity index (χ3n) is 1.27. The van der Waals surface area contributed by atoms with Crippen LogP contribution in [0.1, 0.15) is 39.5 Å². The lowest BCUT2D eigenvalue weighted by Crippen LogP contribution is -1.88. The highest BCUT2D eigenvalue weighted by atomic mass is 32.1. The van der Waals surface area contributed by atoms with Crippen molar-refractivity contribution in [1.29, 1.82) is 0 Å². The zero-order valence-electron chi connectivity index (χ0n) is 6.85. The number of aliphatic hydroxyl groups excluding tert-OH is 1. The zero-order chi connectivity index (χ0) is 7.11. The first-order valence-corrected chi connectivity index (χ1v) is 3.77. The highest BCUT2D eigenvalue weighted by Gasteiger charge is 1.97. The summed E-state index contributed by atoms with van der Waals surface area (Å²) in [6.07, 6.45) is 6.31. The molecule has 0 saturated carbocycles. The van der Waals surface area contributed by atoms with Crippen molar-refractivity contribution in [2.24, 2.45) is 0 Å². The van der Waals surface area contributed by atoms with Gasteiger partial charge >= 0.3 is 0 Å². The van der Waals surface area contributed by atoms with Crippen molar-refractivity contribution < 1.29 is 5.11 Å². The van der Waals surface area contributed by atoms with E-state index < -0.39 is 0 Å². The normalized spacial score (nSPS) is 15.6. The molecule has 0 heterocycles. The van der Waals surface area contributed by atoms with Crippen molar-refractivity contribution in [3.63, 3.8) is 0 Å². The van der Waals surface area contributed by atoms with Gasteiger partial charge in [0.1, 0.15) is 0 Å². The van der Waals surface area contributed by atoms with Crippen molar-refractivity contribution in [3.05, 3.63) is 11.8 Å². The summed E-state index contributed by atoms with van der Waals surface area (Å²) in [6, 6.07) is 0. The molecular formula is C8H18OS. The summed E-state index contributed by atoms with van der Waals surface area (Å²) < 4.78 is 0. The van der Waals surface area contributed by atoms with Gasteiger partial charge in [-0.15, -0.1) is 0 Å². The fourth-order valence-corrected chi connectivity index (χ4v) is 0.821. The van der Waals surface area contributed by atoms with Crippen LogP contribution in [0.15, 0.2) is 11.8 Å². The Hall–Kier alpha value is -0.110. The van der Waals surface area contributed by atoms with E-state index in [9.17, 15) is 0 Å². The number of hydrogen-bond acceptors (Lipinski definition) is 1. The topological polar surface area (TPSA) is 20.2 Å². The molecule has 1 nitrogen and oxygen atoms in total. The second-order valence-corrected chi connectivity index (χ2v) is 1.94. The quantitative estimate of drug-likeness (QED) is 0.580. The summed E-state index contributed by atoms with van der Waals surface area (Å²) in [5.74, 6) is 0.589. The number of aliphatic hydroxyl groups is 1. The van der Waals surface area contributed by atoms with Gasteiger partial charge in [0.15, 0.2) is 0 Å². The number of hydrogen-bond donors (Lipinski definition) is 1. The Morgan fingerprint density at radius 3 is 2.10 bits per heavy atom. The molecule has 0 aliphatic heterocycles. The highest BCUT2D eigenvalue weighted by Crippen LogP contribution is 2.13. The third kappa shape index (κ3) is 6.02. The predicted molar refractivity (Wildman–Crippen MR) is 50.9 cm³/mol. The summed E-state index contributed by atoms with van der Waals surface area (Å²) >= 11 is 0. The third-order valence-corrected chi connectivity index (χ3v) is 1.27. The fourth-order valence-electron chi connectivity index (χ4n) is 0.821. The monoisotopic (exact) mass is 162 g/mol. The molecule has 0 saturated heterocycles. The standard InChI is InChI=1S/C6H10O.C2H6.H2S/c7-6-4-2-1-3-5-6;1-2;/h4,7H,1-3,5H2;1-2H3;1H2. The van der Waals surface area contributed by atoms with Gasteiger partial charge in [0, 0.05) is 6.42 Å². The molecule has 0 atom stereocenters. The van der Waals surface area contributed by atoms with E-state index in [1.165, 1.54) is 12.8 Å². The first kappa shape index (κ1) is 12.6. The van der Waals surface area contributed by atoms with Crippen molar-refractivity contribution in [2.75, 3.05) is 0 Å². The van der Waals surface area contributed by atoms with Crippen LogP contribution >= 0.6 is 13.5 Å². The van der Waals surface area contributed by atoms with Gasteiger partial charge < -0.3 is 5.11 Å². The van der Waals surface area contributed by atoms with E-state index in [0.717, 1.165) is 12.8 Å². The Balaban J connectivity index is 0. The van der Waals surface area contributed by atoms with Gasteiger partial charge in [-0.05, 0) is 25.3 Å². The summed E-state index contributed by atoms with van der Waals surface area (Å²) in [7, 11) is 0. The fraction of sp³-hybridized carbons (Fsp3) is 0.750. The molecule has 0 aromatic heterocycles. The summed E-state index contributed by atoms with van der Waals surface area (Å²) in [6.45, 7) is 4.00. The van der Waals surface area contributed by atoms with E-state index in [1.54, 1.807) is 0 Å². The van der Waals surface area contributed by atoms with Crippen LogP contribution in [0, 0.1) is 0 Å². The van der Waals surface area contributed by atoms with E-state index >= 15 is 0 Å². The minimum Gasteiger partial charge on any atom is -0.513 e. The summed E-state index contributed by atoms with van der Waals surface area (Å²) in [5, 5.41) is 8.77. The van der Waals surface area contributed by atoms with Crippen LogP contribution in [0.3, 0.4) is 0 Å². The first-order valence-electron chi connectivity index (χ1n) is 3.77. The van der Waals surface area contributed by atoms with Crippen molar-refractivity contribution in [1.82, 2.24) is 0 Å². The van der Waals surface area contributed by atoms with E-state index in [4.69, 9.17) is 5.11 Å². The Kier molecular flexibility index (Phi) is 11.2. The molecule has 0 radical (unpaired) electrons. The van der Waals surface area contributed by atoms with Crippen LogP contribution in [0.4, 0.5) is 0 Å². The molecule has 0 aromatic rings. The molecule has 0 aromatic carbocycles. The second-order valence-electron chi connectivity index (χ2n) is 1.94. The predicted octanol–water partition coefficient (Wildman–Crippen LogP) is 3.14. The van der Waals surface area contributed by atoms with Crippen molar-refractivity contribution >= 4 is 13.5 Å². The maximum absolute atomic E-state index is 8.77. The Morgan fingerprint density at radius 2 is 1.90 bits per heavy atom. The average Bonchev–Trinajstić information content (AvgIpc) is 1.94. The lowest BCUT2D eigenvalue weighted by Gasteiger charge is -2.04. The van der Waals surface area contributed by atoms with Gasteiger partial charge in [-0.1, -0.05) is 13.8 Å². The van der Waals surface area contributed by atoms with E-state index in [0.29, 0.717) is 5.76 Å². The first-order chi connectivity index (χ1) is 4.39. The SMILES string of the molecule is CC.OC1=CCCCC1.S. The Bertz CT molecular complexity index is 89.3. The van der Waals surface area contributed by atoms with Gasteiger partial charge in [-0.3, -0.25) is 0 Å². The zero-order valence-corrected chi connectivity index (χ0v) is 7.85. The molecule has 1 rings (SSSR count). The smallest absolute Gasteiger partial charge is 0.0882 e. The van der Waals surface area contributed by atoms with E-state index in [1.807, 2.05) is 19.9 Å². The molecule has 1 aliphatic rings. The average molecular weight is 162 g/mol. The maximum Gasteiger partial charge on any atom is 0.0882 e. The van der Waals surface area contributed by atoms with Crippen LogP contribution < -0.4 is 0 Å². The number of allylic oxidation sites excluding steroid dienone is 2. The van der Waals surface area contributed by atoms with E-state index in [2.05, 4.69) is 0 Å². The van der Waals surface area contributed by atoms with Gasteiger partial charge in [-0.25, -0.2) is 0 Å². The molecule has 10 heavy (non-hydrogen) atoms. The number of rotatable bonds is 0. The molecule has 1 N–H and O–H groups in total. The minimum absolute atomic E-state index is 0. The largest absolute Gasteiger partial charge is 0.513 e. The molecule has 0 spiro atoms. The molecule has 2 heteroatoms. The molecule has 0 amide bonds. The molecule has 62 valence electrons. The van der Waals surface area contributed by atoms with E-state index in [-0.39, 0.29) is 13.5 Å². The van der Waals surface area contributed by atoms with Crippen LogP contribution in [0.5, 0.6) is 0 Å². The summed E-state index contributed by atoms with van der Waals surface area (Å²) in [5.41, 5.74) is 0. The van der Waals surface area contributed by atoms with Crippen molar-refractivity contribution in [2.45, 2.75) is 39.5 Å².